The van der Waals surface area contributed by atoms with Crippen LogP contribution in [0.4, 0.5) is 0 Å². The minimum atomic E-state index is -0.467. The van der Waals surface area contributed by atoms with Crippen molar-refractivity contribution in [2.45, 2.75) is 40.3 Å². The molecule has 3 rings (SSSR count). The van der Waals surface area contributed by atoms with Gasteiger partial charge in [0.05, 0.1) is 35.4 Å². The Labute approximate surface area is 157 Å². The molecule has 2 aromatic rings. The molecule has 1 atom stereocenters. The number of aliphatic hydroxyl groups excluding tert-OH is 1. The number of nitrogens with zero attached hydrogens (tertiary/aromatic N) is 4. The second kappa shape index (κ2) is 7.40. The summed E-state index contributed by atoms with van der Waals surface area (Å²) < 4.78 is 1.71. The molecule has 2 aromatic heterocycles. The quantitative estimate of drug-likeness (QED) is 0.835. The Balaban J connectivity index is 1.88. The van der Waals surface area contributed by atoms with E-state index < -0.39 is 5.92 Å². The molecule has 0 aromatic carbocycles. The van der Waals surface area contributed by atoms with Gasteiger partial charge in [0.25, 0.3) is 11.8 Å². The van der Waals surface area contributed by atoms with Crippen molar-refractivity contribution in [1.82, 2.24) is 20.1 Å². The molecule has 2 amide bonds. The van der Waals surface area contributed by atoms with E-state index in [1.54, 1.807) is 23.9 Å². The molecule has 1 aliphatic rings. The predicted octanol–water partition coefficient (Wildman–Crippen LogP) is 1.80. The Kier molecular flexibility index (Phi) is 5.18. The average Bonchev–Trinajstić information content (AvgIpc) is 3.03. The Hall–Kier alpha value is -2.87. The zero-order valence-electron chi connectivity index (χ0n) is 15.9. The molecule has 142 valence electrons. The smallest absolute Gasteiger partial charge is 0.254 e. The standard InChI is InChI=1S/C19H23N5O3/c1-10(2)24-17-16(8-21-24)14(6-13(9-25)23-17)18(26)20-7-15-11(3)5-12(4)22-19(15)27/h5-6,8,10,15,25H,7,9H2,1-4H3,(H,20,26). The lowest BCUT2D eigenvalue weighted by Crippen LogP contribution is -2.34. The maximum absolute atomic E-state index is 12.8. The number of allylic oxidation sites excluding steroid dienone is 1. The zero-order valence-corrected chi connectivity index (χ0v) is 15.9. The number of rotatable bonds is 5. The molecule has 27 heavy (non-hydrogen) atoms. The van der Waals surface area contributed by atoms with E-state index in [0.29, 0.717) is 28.0 Å². The van der Waals surface area contributed by atoms with Crippen molar-refractivity contribution in [2.24, 2.45) is 10.9 Å². The van der Waals surface area contributed by atoms with Crippen molar-refractivity contribution in [3.63, 3.8) is 0 Å². The third-order valence-corrected chi connectivity index (χ3v) is 4.55. The van der Waals surface area contributed by atoms with Gasteiger partial charge in [-0.05, 0) is 39.8 Å². The van der Waals surface area contributed by atoms with Crippen LogP contribution in [0.5, 0.6) is 0 Å². The summed E-state index contributed by atoms with van der Waals surface area (Å²) in [7, 11) is 0. The van der Waals surface area contributed by atoms with Gasteiger partial charge in [-0.3, -0.25) is 9.59 Å². The molecule has 1 unspecified atom stereocenters. The first-order valence-corrected chi connectivity index (χ1v) is 8.85. The summed E-state index contributed by atoms with van der Waals surface area (Å²) in [4.78, 5) is 33.3. The van der Waals surface area contributed by atoms with Gasteiger partial charge >= 0.3 is 0 Å². The molecule has 0 spiro atoms. The van der Waals surface area contributed by atoms with Crippen LogP contribution >= 0.6 is 0 Å². The second-order valence-corrected chi connectivity index (χ2v) is 6.98. The first kappa shape index (κ1) is 18.9. The topological polar surface area (TPSA) is 109 Å². The van der Waals surface area contributed by atoms with Crippen LogP contribution in [0.1, 0.15) is 49.8 Å². The van der Waals surface area contributed by atoms with Gasteiger partial charge < -0.3 is 10.4 Å². The lowest BCUT2D eigenvalue weighted by molar-refractivity contribution is -0.120. The van der Waals surface area contributed by atoms with E-state index >= 15 is 0 Å². The predicted molar refractivity (Wildman–Crippen MR) is 102 cm³/mol. The van der Waals surface area contributed by atoms with Gasteiger partial charge in [0.2, 0.25) is 0 Å². The molecule has 3 heterocycles. The molecule has 0 saturated heterocycles. The maximum atomic E-state index is 12.8. The van der Waals surface area contributed by atoms with Gasteiger partial charge in [-0.15, -0.1) is 0 Å². The molecule has 0 fully saturated rings. The lowest BCUT2D eigenvalue weighted by Gasteiger charge is -2.19. The van der Waals surface area contributed by atoms with E-state index in [-0.39, 0.29) is 31.0 Å². The van der Waals surface area contributed by atoms with Crippen molar-refractivity contribution in [3.05, 3.63) is 35.2 Å². The molecule has 0 radical (unpaired) electrons. The van der Waals surface area contributed by atoms with Crippen molar-refractivity contribution in [3.8, 4) is 0 Å². The van der Waals surface area contributed by atoms with Crippen molar-refractivity contribution < 1.29 is 14.7 Å². The number of nitrogens with one attached hydrogen (secondary N) is 1. The number of pyridine rings is 1. The Morgan fingerprint density at radius 3 is 2.74 bits per heavy atom. The highest BCUT2D eigenvalue weighted by Gasteiger charge is 2.25. The van der Waals surface area contributed by atoms with E-state index in [9.17, 15) is 14.7 Å². The van der Waals surface area contributed by atoms with Gasteiger partial charge in [-0.2, -0.15) is 5.10 Å². The first-order chi connectivity index (χ1) is 12.8. The number of aliphatic hydroxyl groups is 1. The highest BCUT2D eigenvalue weighted by molar-refractivity contribution is 6.07. The van der Waals surface area contributed by atoms with Crippen molar-refractivity contribution >= 4 is 28.6 Å². The first-order valence-electron chi connectivity index (χ1n) is 8.85. The molecule has 8 nitrogen and oxygen atoms in total. The second-order valence-electron chi connectivity index (χ2n) is 6.98. The van der Waals surface area contributed by atoms with Crippen molar-refractivity contribution in [2.75, 3.05) is 6.54 Å². The highest BCUT2D eigenvalue weighted by atomic mass is 16.3. The maximum Gasteiger partial charge on any atom is 0.254 e. The van der Waals surface area contributed by atoms with Crippen LogP contribution < -0.4 is 5.32 Å². The molecule has 0 bridgehead atoms. The van der Waals surface area contributed by atoms with Crippen LogP contribution in [0.3, 0.4) is 0 Å². The van der Waals surface area contributed by atoms with Crippen LogP contribution in [0.15, 0.2) is 28.9 Å². The van der Waals surface area contributed by atoms with E-state index in [1.807, 2.05) is 26.8 Å². The van der Waals surface area contributed by atoms with E-state index in [4.69, 9.17) is 0 Å². The van der Waals surface area contributed by atoms with Gasteiger partial charge in [-0.1, -0.05) is 5.57 Å². The van der Waals surface area contributed by atoms with E-state index in [0.717, 1.165) is 5.57 Å². The highest BCUT2D eigenvalue weighted by Crippen LogP contribution is 2.22. The number of dihydropyridines is 1. The third-order valence-electron chi connectivity index (χ3n) is 4.55. The fourth-order valence-corrected chi connectivity index (χ4v) is 3.16. The van der Waals surface area contributed by atoms with Crippen molar-refractivity contribution in [1.29, 1.82) is 0 Å². The molecule has 0 aliphatic carbocycles. The average molecular weight is 369 g/mol. The number of amides is 2. The minimum absolute atomic E-state index is 0.0635. The summed E-state index contributed by atoms with van der Waals surface area (Å²) in [5.41, 5.74) is 2.85. The number of carbonyl (C=O) groups is 2. The summed E-state index contributed by atoms with van der Waals surface area (Å²) in [6, 6.07) is 1.62. The van der Waals surface area contributed by atoms with Gasteiger partial charge in [-0.25, -0.2) is 14.7 Å². The fraction of sp³-hybridized carbons (Fsp3) is 0.421. The monoisotopic (exact) mass is 369 g/mol. The summed E-state index contributed by atoms with van der Waals surface area (Å²) in [5, 5.41) is 17.2. The molecular formula is C19H23N5O3. The number of aliphatic imine (C=N–C) groups is 1. The van der Waals surface area contributed by atoms with Crippen LogP contribution in [0.25, 0.3) is 11.0 Å². The van der Waals surface area contributed by atoms with E-state index in [1.165, 1.54) is 0 Å². The minimum Gasteiger partial charge on any atom is -0.390 e. The number of hydrogen-bond acceptors (Lipinski definition) is 5. The zero-order chi connectivity index (χ0) is 19.7. The summed E-state index contributed by atoms with van der Waals surface area (Å²) in [5.74, 6) is -1.06. The molecular weight excluding hydrogens is 346 g/mol. The number of carbonyl (C=O) groups excluding carboxylic acids is 2. The Bertz CT molecular complexity index is 971. The third kappa shape index (κ3) is 3.66. The van der Waals surface area contributed by atoms with Crippen LogP contribution in [0.2, 0.25) is 0 Å². The van der Waals surface area contributed by atoms with Crippen LogP contribution in [-0.4, -0.2) is 43.9 Å². The van der Waals surface area contributed by atoms with E-state index in [2.05, 4.69) is 20.4 Å². The summed E-state index contributed by atoms with van der Waals surface area (Å²) in [6.45, 7) is 7.43. The van der Waals surface area contributed by atoms with Gasteiger partial charge in [0.15, 0.2) is 5.65 Å². The molecule has 0 saturated carbocycles. The van der Waals surface area contributed by atoms with Crippen LogP contribution in [0, 0.1) is 5.92 Å². The Morgan fingerprint density at radius 1 is 1.37 bits per heavy atom. The number of aromatic nitrogens is 3. The molecule has 8 heteroatoms. The van der Waals surface area contributed by atoms with Gasteiger partial charge in [0, 0.05) is 18.3 Å². The molecule has 1 aliphatic heterocycles. The fourth-order valence-electron chi connectivity index (χ4n) is 3.16. The largest absolute Gasteiger partial charge is 0.390 e. The molecule has 2 N–H and O–H groups in total. The summed E-state index contributed by atoms with van der Waals surface area (Å²) >= 11 is 0. The normalized spacial score (nSPS) is 17.3. The lowest BCUT2D eigenvalue weighted by atomic mass is 9.95. The van der Waals surface area contributed by atoms with Gasteiger partial charge in [0.1, 0.15) is 0 Å². The SMILES string of the molecule is CC1=CC(C)=NC(=O)C1CNC(=O)c1cc(CO)nc2c1cnn2C(C)C. The summed E-state index contributed by atoms with van der Waals surface area (Å²) in [6.07, 6.45) is 3.45. The number of hydrogen-bond donors (Lipinski definition) is 2. The number of fused-ring (bicyclic) bond motifs is 1. The van der Waals surface area contributed by atoms with Crippen LogP contribution in [-0.2, 0) is 11.4 Å². The Morgan fingerprint density at radius 2 is 2.11 bits per heavy atom.